The van der Waals surface area contributed by atoms with Gasteiger partial charge in [-0.15, -0.1) is 0 Å². The highest BCUT2D eigenvalue weighted by molar-refractivity contribution is 6.37. The molecule has 0 bridgehead atoms. The van der Waals surface area contributed by atoms with Gasteiger partial charge < -0.3 is 31.3 Å². The van der Waals surface area contributed by atoms with Crippen LogP contribution in [0.3, 0.4) is 0 Å². The molecule has 0 spiro atoms. The van der Waals surface area contributed by atoms with Gasteiger partial charge in [0.15, 0.2) is 0 Å². The smallest absolute Gasteiger partial charge is 0.332 e. The Hall–Kier alpha value is -3.96. The number of carbonyl (C=O) groups is 6. The Labute approximate surface area is 289 Å². The summed E-state index contributed by atoms with van der Waals surface area (Å²) in [6.45, 7) is 9.77. The van der Waals surface area contributed by atoms with E-state index < -0.39 is 53.3 Å². The summed E-state index contributed by atoms with van der Waals surface area (Å²) in [7, 11) is 0. The maximum atomic E-state index is 14.6. The Balaban J connectivity index is 1.33. The van der Waals surface area contributed by atoms with Crippen molar-refractivity contribution in [2.75, 3.05) is 6.54 Å². The zero-order valence-corrected chi connectivity index (χ0v) is 29.5. The van der Waals surface area contributed by atoms with E-state index >= 15 is 0 Å². The van der Waals surface area contributed by atoms with E-state index in [1.807, 2.05) is 44.2 Å². The van der Waals surface area contributed by atoms with Crippen molar-refractivity contribution in [2.24, 2.45) is 40.7 Å². The lowest BCUT2D eigenvalue weighted by atomic mass is 9.83. The SMILES string of the molecule is CC(C)[C@](C)(NC(=O)N[C@H](C(=O)N1C[C@@H]2[C@@H]([C@H]1C(=O)NC(CC1CC1)C(=O)C(N)=O)C2(C)C)C1CCCCC1)C(=O)OCc1ccccc1. The molecule has 4 fully saturated rings. The number of nitrogens with one attached hydrogen (secondary N) is 3. The van der Waals surface area contributed by atoms with Gasteiger partial charge in [0.05, 0.1) is 6.04 Å². The number of ketones is 1. The summed E-state index contributed by atoms with van der Waals surface area (Å²) in [5.41, 5.74) is 4.57. The van der Waals surface area contributed by atoms with Gasteiger partial charge in [0, 0.05) is 6.54 Å². The van der Waals surface area contributed by atoms with Crippen molar-refractivity contribution in [3.05, 3.63) is 35.9 Å². The molecule has 3 saturated carbocycles. The van der Waals surface area contributed by atoms with Crippen molar-refractivity contribution in [2.45, 2.75) is 116 Å². The molecule has 5 N–H and O–H groups in total. The van der Waals surface area contributed by atoms with Crippen LogP contribution in [0.15, 0.2) is 30.3 Å². The molecule has 0 radical (unpaired) electrons. The number of amides is 5. The number of piperidine rings is 1. The number of urea groups is 1. The molecule has 1 heterocycles. The average molecular weight is 680 g/mol. The highest BCUT2D eigenvalue weighted by Gasteiger charge is 2.69. The summed E-state index contributed by atoms with van der Waals surface area (Å²) in [5.74, 6) is -3.67. The number of rotatable bonds is 14. The van der Waals surface area contributed by atoms with Crippen molar-refractivity contribution in [3.8, 4) is 0 Å². The number of hydrogen-bond donors (Lipinski definition) is 4. The summed E-state index contributed by atoms with van der Waals surface area (Å²) in [4.78, 5) is 81.7. The van der Waals surface area contributed by atoms with Crippen molar-refractivity contribution >= 4 is 35.5 Å². The molecule has 12 heteroatoms. The van der Waals surface area contributed by atoms with Crippen LogP contribution in [0.1, 0.15) is 91.5 Å². The van der Waals surface area contributed by atoms with Crippen molar-refractivity contribution < 1.29 is 33.5 Å². The van der Waals surface area contributed by atoms with Crippen LogP contribution in [-0.2, 0) is 35.3 Å². The number of primary amides is 1. The third-order valence-corrected chi connectivity index (χ3v) is 11.7. The number of hydrogen-bond acceptors (Lipinski definition) is 7. The van der Waals surface area contributed by atoms with Gasteiger partial charge in [0.25, 0.3) is 5.91 Å². The van der Waals surface area contributed by atoms with E-state index in [2.05, 4.69) is 29.8 Å². The van der Waals surface area contributed by atoms with E-state index in [0.29, 0.717) is 13.0 Å². The lowest BCUT2D eigenvalue weighted by molar-refractivity contribution is -0.153. The molecule has 0 aromatic heterocycles. The molecule has 5 amide bonds. The van der Waals surface area contributed by atoms with Crippen molar-refractivity contribution in [1.29, 1.82) is 0 Å². The van der Waals surface area contributed by atoms with Crippen LogP contribution >= 0.6 is 0 Å². The number of nitrogens with two attached hydrogens (primary N) is 1. The number of ether oxygens (including phenoxy) is 1. The van der Waals surface area contributed by atoms with Crippen LogP contribution in [0.25, 0.3) is 0 Å². The van der Waals surface area contributed by atoms with Gasteiger partial charge in [0.2, 0.25) is 17.6 Å². The average Bonchev–Trinajstić information content (AvgIpc) is 3.93. The summed E-state index contributed by atoms with van der Waals surface area (Å²) < 4.78 is 5.62. The minimum Gasteiger partial charge on any atom is -0.459 e. The molecule has 3 aliphatic carbocycles. The fourth-order valence-corrected chi connectivity index (χ4v) is 7.91. The van der Waals surface area contributed by atoms with Gasteiger partial charge in [-0.25, -0.2) is 9.59 Å². The molecule has 5 rings (SSSR count). The van der Waals surface area contributed by atoms with Crippen LogP contribution in [0.2, 0.25) is 0 Å². The maximum absolute atomic E-state index is 14.6. The Bertz CT molecular complexity index is 1440. The minimum absolute atomic E-state index is 0.0537. The minimum atomic E-state index is -1.38. The van der Waals surface area contributed by atoms with Gasteiger partial charge in [-0.3, -0.25) is 19.2 Å². The summed E-state index contributed by atoms with van der Waals surface area (Å²) >= 11 is 0. The zero-order chi connectivity index (χ0) is 35.7. The number of carbonyl (C=O) groups excluding carboxylic acids is 6. The topological polar surface area (TPSA) is 177 Å². The lowest BCUT2D eigenvalue weighted by Gasteiger charge is -2.38. The monoisotopic (exact) mass is 679 g/mol. The number of likely N-dealkylation sites (tertiary alicyclic amines) is 1. The quantitative estimate of drug-likeness (QED) is 0.172. The number of Topliss-reactive ketones (excluding diaryl/α,β-unsaturated/α-hetero) is 1. The number of benzene rings is 1. The standard InChI is InChI=1S/C37H53N5O7/c1-21(2)37(5,34(47)49-20-23-12-8-6-9-13-23)41-35(48)40-28(24-14-10-7-11-15-24)33(46)42-19-25-27(36(25,3)4)29(42)32(45)39-26(18-22-16-17-22)30(43)31(38)44/h6,8-9,12-13,21-22,24-29H,7,10-11,14-20H2,1-5H3,(H2,38,44)(H,39,45)(H2,40,41,48)/t25-,26?,27+,28+,29+,37+/m1/s1. The Kier molecular flexibility index (Phi) is 10.7. The first-order valence-corrected chi connectivity index (χ1v) is 17.9. The van der Waals surface area contributed by atoms with Crippen LogP contribution in [0.5, 0.6) is 0 Å². The Morgan fingerprint density at radius 2 is 1.63 bits per heavy atom. The Morgan fingerprint density at radius 3 is 2.22 bits per heavy atom. The molecule has 1 unspecified atom stereocenters. The van der Waals surface area contributed by atoms with Crippen LogP contribution in [-0.4, -0.2) is 70.6 Å². The largest absolute Gasteiger partial charge is 0.459 e. The van der Waals surface area contributed by atoms with E-state index in [0.717, 1.165) is 50.5 Å². The zero-order valence-electron chi connectivity index (χ0n) is 29.5. The fraction of sp³-hybridized carbons (Fsp3) is 0.676. The molecular weight excluding hydrogens is 626 g/mol. The summed E-state index contributed by atoms with van der Waals surface area (Å²) in [6.07, 6.45) is 6.49. The van der Waals surface area contributed by atoms with E-state index in [4.69, 9.17) is 10.5 Å². The van der Waals surface area contributed by atoms with E-state index in [1.54, 1.807) is 11.8 Å². The predicted octanol–water partition coefficient (Wildman–Crippen LogP) is 3.21. The Morgan fingerprint density at radius 1 is 0.980 bits per heavy atom. The molecule has 1 aromatic rings. The summed E-state index contributed by atoms with van der Waals surface area (Å²) in [6, 6.07) is 5.78. The van der Waals surface area contributed by atoms with Gasteiger partial charge in [-0.2, -0.15) is 0 Å². The molecule has 268 valence electrons. The van der Waals surface area contributed by atoms with Gasteiger partial charge >= 0.3 is 12.0 Å². The first-order chi connectivity index (χ1) is 23.1. The van der Waals surface area contributed by atoms with Gasteiger partial charge in [0.1, 0.15) is 24.2 Å². The fourth-order valence-electron chi connectivity index (χ4n) is 7.91. The molecular formula is C37H53N5O7. The van der Waals surface area contributed by atoms with Gasteiger partial charge in [-0.05, 0) is 66.8 Å². The highest BCUT2D eigenvalue weighted by Crippen LogP contribution is 2.65. The van der Waals surface area contributed by atoms with Gasteiger partial charge in [-0.1, -0.05) is 90.1 Å². The first-order valence-electron chi connectivity index (χ1n) is 17.9. The van der Waals surface area contributed by atoms with Crippen LogP contribution < -0.4 is 21.7 Å². The lowest BCUT2D eigenvalue weighted by Crippen LogP contribution is -2.63. The third-order valence-electron chi connectivity index (χ3n) is 11.7. The highest BCUT2D eigenvalue weighted by atomic mass is 16.5. The van der Waals surface area contributed by atoms with Crippen LogP contribution in [0.4, 0.5) is 4.79 Å². The molecule has 12 nitrogen and oxygen atoms in total. The third kappa shape index (κ3) is 7.94. The number of fused-ring (bicyclic) bond motifs is 1. The van der Waals surface area contributed by atoms with Crippen molar-refractivity contribution in [3.63, 3.8) is 0 Å². The first kappa shape index (κ1) is 36.3. The molecule has 1 aromatic carbocycles. The van der Waals surface area contributed by atoms with E-state index in [9.17, 15) is 28.8 Å². The van der Waals surface area contributed by atoms with Crippen LogP contribution in [0, 0.1) is 35.0 Å². The van der Waals surface area contributed by atoms with Crippen molar-refractivity contribution in [1.82, 2.24) is 20.9 Å². The van der Waals surface area contributed by atoms with E-state index in [-0.39, 0.29) is 47.5 Å². The molecule has 1 saturated heterocycles. The predicted molar refractivity (Wildman–Crippen MR) is 181 cm³/mol. The second-order valence-electron chi connectivity index (χ2n) is 15.8. The summed E-state index contributed by atoms with van der Waals surface area (Å²) in [5, 5.41) is 8.55. The maximum Gasteiger partial charge on any atom is 0.332 e. The molecule has 1 aliphatic heterocycles. The number of nitrogens with zero attached hydrogens (tertiary/aromatic N) is 1. The molecule has 49 heavy (non-hydrogen) atoms. The normalized spacial score (nSPS) is 25.3. The van der Waals surface area contributed by atoms with E-state index in [1.165, 1.54) is 0 Å². The second-order valence-corrected chi connectivity index (χ2v) is 15.8. The molecule has 6 atom stereocenters. The second kappa shape index (κ2) is 14.5. The number of esters is 1. The molecule has 4 aliphatic rings.